The quantitative estimate of drug-likeness (QED) is 0.589. The molecule has 0 radical (unpaired) electrons. The second kappa shape index (κ2) is 9.16. The van der Waals surface area contributed by atoms with Crippen molar-refractivity contribution in [2.75, 3.05) is 13.2 Å². The van der Waals surface area contributed by atoms with Gasteiger partial charge in [0.1, 0.15) is 29.4 Å². The number of thiazole rings is 1. The zero-order valence-corrected chi connectivity index (χ0v) is 18.4. The van der Waals surface area contributed by atoms with Crippen LogP contribution < -0.4 is 5.32 Å². The van der Waals surface area contributed by atoms with E-state index < -0.39 is 18.0 Å². The molecule has 5 heterocycles. The van der Waals surface area contributed by atoms with E-state index in [1.165, 1.54) is 11.3 Å². The molecule has 3 aromatic heterocycles. The van der Waals surface area contributed by atoms with Crippen molar-refractivity contribution in [1.29, 1.82) is 0 Å². The Bertz CT molecular complexity index is 1170. The molecule has 9 nitrogen and oxygen atoms in total. The van der Waals surface area contributed by atoms with Crippen molar-refractivity contribution in [3.8, 4) is 10.6 Å². The van der Waals surface area contributed by atoms with Crippen LogP contribution in [0.3, 0.4) is 0 Å². The number of Topliss-reactive ketones (excluding diaryl/α,β-unsaturated/α-hetero) is 1. The summed E-state index contributed by atoms with van der Waals surface area (Å²) in [6, 6.07) is 5.85. The summed E-state index contributed by atoms with van der Waals surface area (Å²) in [5.74, 6) is -0.854. The summed E-state index contributed by atoms with van der Waals surface area (Å²) in [5.41, 5.74) is 1.84. The fourth-order valence-corrected chi connectivity index (χ4v) is 5.02. The molecule has 1 N–H and O–H groups in total. The van der Waals surface area contributed by atoms with Crippen LogP contribution in [0.5, 0.6) is 0 Å². The van der Waals surface area contributed by atoms with E-state index in [9.17, 15) is 14.4 Å². The molecular weight excluding hydrogens is 442 g/mol. The maximum atomic E-state index is 13.5. The maximum Gasteiger partial charge on any atom is 0.271 e. The molecule has 0 bridgehead atoms. The number of carbonyl (C=O) groups is 3. The lowest BCUT2D eigenvalue weighted by molar-refractivity contribution is -0.138. The second-order valence-corrected chi connectivity index (χ2v) is 8.81. The molecule has 10 heteroatoms. The average molecular weight is 464 g/mol. The first kappa shape index (κ1) is 21.4. The lowest BCUT2D eigenvalue weighted by Gasteiger charge is -2.27. The van der Waals surface area contributed by atoms with Gasteiger partial charge in [-0.1, -0.05) is 6.07 Å². The highest BCUT2D eigenvalue weighted by molar-refractivity contribution is 7.13. The number of rotatable bonds is 6. The van der Waals surface area contributed by atoms with E-state index in [1.54, 1.807) is 47.2 Å². The van der Waals surface area contributed by atoms with Crippen LogP contribution in [-0.4, -0.2) is 68.8 Å². The zero-order valence-electron chi connectivity index (χ0n) is 17.6. The van der Waals surface area contributed by atoms with Gasteiger partial charge in [-0.3, -0.25) is 24.4 Å². The van der Waals surface area contributed by atoms with Crippen molar-refractivity contribution in [3.05, 3.63) is 65.7 Å². The van der Waals surface area contributed by atoms with Gasteiger partial charge in [-0.2, -0.15) is 0 Å². The highest BCUT2D eigenvalue weighted by atomic mass is 32.1. The standard InChI is InChI=1S/C23H21N5O4S/c29-18-12-32-19-5-8-28(20(18)19)23(31)16(9-14-3-1-6-24-10-14)26-21(30)17-13-33-22(27-17)15-4-2-7-25-11-15/h1-4,6-7,10-11,13,16,19-20H,5,8-9,12H2,(H,26,30). The summed E-state index contributed by atoms with van der Waals surface area (Å²) in [5, 5.41) is 5.16. The van der Waals surface area contributed by atoms with Gasteiger partial charge in [0.25, 0.3) is 5.91 Å². The number of nitrogens with zero attached hydrogens (tertiary/aromatic N) is 4. The number of hydrogen-bond acceptors (Lipinski definition) is 8. The van der Waals surface area contributed by atoms with Crippen LogP contribution in [0, 0.1) is 0 Å². The van der Waals surface area contributed by atoms with E-state index in [4.69, 9.17) is 4.74 Å². The Labute approximate surface area is 193 Å². The van der Waals surface area contributed by atoms with Gasteiger partial charge in [-0.25, -0.2) is 4.98 Å². The topological polar surface area (TPSA) is 114 Å². The van der Waals surface area contributed by atoms with Gasteiger partial charge in [-0.05, 0) is 30.2 Å². The smallest absolute Gasteiger partial charge is 0.271 e. The number of likely N-dealkylation sites (tertiary alicyclic amines) is 1. The number of aromatic nitrogens is 3. The molecule has 2 aliphatic rings. The number of nitrogens with one attached hydrogen (secondary N) is 1. The van der Waals surface area contributed by atoms with Crippen LogP contribution in [0.1, 0.15) is 22.5 Å². The van der Waals surface area contributed by atoms with Crippen molar-refractivity contribution < 1.29 is 19.1 Å². The Morgan fingerprint density at radius 2 is 2.03 bits per heavy atom. The molecule has 168 valence electrons. The molecule has 2 amide bonds. The molecule has 5 rings (SSSR count). The lowest BCUT2D eigenvalue weighted by Crippen LogP contribution is -2.53. The third kappa shape index (κ3) is 4.39. The fourth-order valence-electron chi connectivity index (χ4n) is 4.23. The number of carbonyl (C=O) groups excluding carboxylic acids is 3. The van der Waals surface area contributed by atoms with Gasteiger partial charge in [0, 0.05) is 48.7 Å². The zero-order chi connectivity index (χ0) is 22.8. The molecule has 0 aromatic carbocycles. The fraction of sp³-hybridized carbons (Fsp3) is 0.304. The van der Waals surface area contributed by atoms with Crippen molar-refractivity contribution in [2.24, 2.45) is 0 Å². The molecule has 2 saturated heterocycles. The molecule has 3 atom stereocenters. The first-order valence-corrected chi connectivity index (χ1v) is 11.5. The van der Waals surface area contributed by atoms with Crippen LogP contribution in [0.25, 0.3) is 10.6 Å². The van der Waals surface area contributed by atoms with Crippen LogP contribution >= 0.6 is 11.3 Å². The highest BCUT2D eigenvalue weighted by Crippen LogP contribution is 2.28. The van der Waals surface area contributed by atoms with E-state index in [1.807, 2.05) is 12.1 Å². The van der Waals surface area contributed by atoms with Crippen LogP contribution in [-0.2, 0) is 20.7 Å². The number of pyridine rings is 2. The summed E-state index contributed by atoms with van der Waals surface area (Å²) >= 11 is 1.33. The summed E-state index contributed by atoms with van der Waals surface area (Å²) in [6.07, 6.45) is 7.25. The Morgan fingerprint density at radius 3 is 2.79 bits per heavy atom. The van der Waals surface area contributed by atoms with Crippen molar-refractivity contribution in [3.63, 3.8) is 0 Å². The normalized spacial score (nSPS) is 20.5. The van der Waals surface area contributed by atoms with Gasteiger partial charge in [0.05, 0.1) is 6.10 Å². The Kier molecular flexibility index (Phi) is 5.93. The van der Waals surface area contributed by atoms with E-state index in [0.29, 0.717) is 18.0 Å². The molecular formula is C23H21N5O4S. The van der Waals surface area contributed by atoms with Gasteiger partial charge in [-0.15, -0.1) is 11.3 Å². The van der Waals surface area contributed by atoms with Gasteiger partial charge < -0.3 is 15.0 Å². The highest BCUT2D eigenvalue weighted by Gasteiger charge is 2.48. The van der Waals surface area contributed by atoms with Gasteiger partial charge >= 0.3 is 0 Å². The van der Waals surface area contributed by atoms with Crippen LogP contribution in [0.15, 0.2) is 54.4 Å². The minimum Gasteiger partial charge on any atom is -0.368 e. The largest absolute Gasteiger partial charge is 0.368 e. The number of ketones is 1. The molecule has 0 saturated carbocycles. The van der Waals surface area contributed by atoms with Crippen molar-refractivity contribution >= 4 is 28.9 Å². The minimum absolute atomic E-state index is 0.0225. The van der Waals surface area contributed by atoms with E-state index >= 15 is 0 Å². The van der Waals surface area contributed by atoms with E-state index in [-0.39, 0.29) is 36.5 Å². The molecule has 33 heavy (non-hydrogen) atoms. The lowest BCUT2D eigenvalue weighted by atomic mass is 10.0. The number of hydrogen-bond donors (Lipinski definition) is 1. The van der Waals surface area contributed by atoms with Crippen molar-refractivity contribution in [2.45, 2.75) is 31.0 Å². The summed E-state index contributed by atoms with van der Waals surface area (Å²) < 4.78 is 5.51. The summed E-state index contributed by atoms with van der Waals surface area (Å²) in [7, 11) is 0. The van der Waals surface area contributed by atoms with E-state index in [0.717, 1.165) is 11.1 Å². The minimum atomic E-state index is -0.864. The number of fused-ring (bicyclic) bond motifs is 1. The molecule has 0 spiro atoms. The number of amides is 2. The molecule has 3 unspecified atom stereocenters. The second-order valence-electron chi connectivity index (χ2n) is 7.95. The molecule has 2 aliphatic heterocycles. The van der Waals surface area contributed by atoms with Gasteiger partial charge in [0.15, 0.2) is 5.78 Å². The average Bonchev–Trinajstić information content (AvgIpc) is 3.58. The van der Waals surface area contributed by atoms with E-state index in [2.05, 4.69) is 20.3 Å². The monoisotopic (exact) mass is 463 g/mol. The molecule has 0 aliphatic carbocycles. The Hall–Kier alpha value is -3.50. The maximum absolute atomic E-state index is 13.5. The first-order chi connectivity index (χ1) is 16.1. The third-order valence-electron chi connectivity index (χ3n) is 5.81. The Balaban J connectivity index is 1.37. The summed E-state index contributed by atoms with van der Waals surface area (Å²) in [4.78, 5) is 53.0. The van der Waals surface area contributed by atoms with Crippen LogP contribution in [0.2, 0.25) is 0 Å². The summed E-state index contributed by atoms with van der Waals surface area (Å²) in [6.45, 7) is 0.440. The predicted molar refractivity (Wildman–Crippen MR) is 119 cm³/mol. The first-order valence-electron chi connectivity index (χ1n) is 10.6. The predicted octanol–water partition coefficient (Wildman–Crippen LogP) is 1.51. The molecule has 3 aromatic rings. The number of ether oxygens (including phenoxy) is 1. The molecule has 2 fully saturated rings. The van der Waals surface area contributed by atoms with Crippen LogP contribution in [0.4, 0.5) is 0 Å². The third-order valence-corrected chi connectivity index (χ3v) is 6.70. The van der Waals surface area contributed by atoms with Gasteiger partial charge in [0.2, 0.25) is 5.91 Å². The SMILES string of the molecule is O=C(NC(Cc1cccnc1)C(=O)N1CCC2OCC(=O)C21)c1csc(-c2cccnc2)n1. The Morgan fingerprint density at radius 1 is 1.21 bits per heavy atom. The van der Waals surface area contributed by atoms with Crippen molar-refractivity contribution in [1.82, 2.24) is 25.2 Å².